The van der Waals surface area contributed by atoms with Crippen LogP contribution in [0.3, 0.4) is 0 Å². The smallest absolute Gasteiger partial charge is 0.168 e. The van der Waals surface area contributed by atoms with Crippen LogP contribution in [0.1, 0.15) is 0 Å². The first-order valence-electron chi connectivity index (χ1n) is 4.28. The van der Waals surface area contributed by atoms with Crippen LogP contribution in [-0.2, 0) is 0 Å². The lowest BCUT2D eigenvalue weighted by atomic mass is 10.1. The van der Waals surface area contributed by atoms with Crippen LogP contribution in [0.25, 0.3) is 21.7 Å². The Bertz CT molecular complexity index is 615. The minimum absolute atomic E-state index is 0.855. The summed E-state index contributed by atoms with van der Waals surface area (Å²) in [7, 11) is 0. The number of fused-ring (bicyclic) bond motifs is 3. The van der Waals surface area contributed by atoms with Crippen LogP contribution in [0, 0.1) is 3.57 Å². The Morgan fingerprint density at radius 3 is 2.71 bits per heavy atom. The van der Waals surface area contributed by atoms with E-state index in [9.17, 15) is 0 Å². The van der Waals surface area contributed by atoms with Crippen molar-refractivity contribution in [3.05, 3.63) is 40.1 Å². The Morgan fingerprint density at radius 2 is 1.86 bits per heavy atom. The first-order chi connectivity index (χ1) is 6.86. The van der Waals surface area contributed by atoms with E-state index in [1.165, 1.54) is 14.3 Å². The van der Waals surface area contributed by atoms with Gasteiger partial charge in [-0.3, -0.25) is 0 Å². The zero-order valence-corrected chi connectivity index (χ0v) is 9.36. The van der Waals surface area contributed by atoms with Crippen LogP contribution in [0.4, 0.5) is 0 Å². The molecule has 0 N–H and O–H groups in total. The Balaban J connectivity index is 2.67. The molecule has 0 aliphatic rings. The lowest BCUT2D eigenvalue weighted by Gasteiger charge is -2.00. The summed E-state index contributed by atoms with van der Waals surface area (Å²) in [6.07, 6.45) is 1.77. The molecular weight excluding hydrogens is 289 g/mol. The molecule has 0 fully saturated rings. The molecule has 0 bridgehead atoms. The third kappa shape index (κ3) is 1.05. The highest BCUT2D eigenvalue weighted by atomic mass is 127. The van der Waals surface area contributed by atoms with E-state index in [1.54, 1.807) is 6.20 Å². The van der Waals surface area contributed by atoms with Crippen LogP contribution >= 0.6 is 22.6 Å². The molecule has 3 aromatic rings. The Hall–Kier alpha value is -1.10. The van der Waals surface area contributed by atoms with E-state index in [4.69, 9.17) is 4.52 Å². The summed E-state index contributed by atoms with van der Waals surface area (Å²) >= 11 is 2.32. The second-order valence-electron chi connectivity index (χ2n) is 3.14. The first-order valence-corrected chi connectivity index (χ1v) is 5.36. The molecule has 68 valence electrons. The quantitative estimate of drug-likeness (QED) is 0.592. The zero-order chi connectivity index (χ0) is 9.54. The van der Waals surface area contributed by atoms with Crippen LogP contribution in [0.15, 0.2) is 41.1 Å². The van der Waals surface area contributed by atoms with E-state index in [1.807, 2.05) is 18.2 Å². The third-order valence-electron chi connectivity index (χ3n) is 2.33. The van der Waals surface area contributed by atoms with Gasteiger partial charge in [0.15, 0.2) is 5.58 Å². The van der Waals surface area contributed by atoms with E-state index in [0.717, 1.165) is 11.0 Å². The van der Waals surface area contributed by atoms with Gasteiger partial charge in [-0.1, -0.05) is 29.4 Å². The van der Waals surface area contributed by atoms with Crippen LogP contribution < -0.4 is 0 Å². The van der Waals surface area contributed by atoms with Gasteiger partial charge in [0, 0.05) is 8.96 Å². The fourth-order valence-electron chi connectivity index (χ4n) is 1.67. The van der Waals surface area contributed by atoms with E-state index in [2.05, 4.69) is 39.9 Å². The minimum Gasteiger partial charge on any atom is -0.356 e. The summed E-state index contributed by atoms with van der Waals surface area (Å²) in [6, 6.07) is 10.3. The van der Waals surface area contributed by atoms with Crippen molar-refractivity contribution in [1.29, 1.82) is 0 Å². The number of aromatic nitrogens is 1. The second-order valence-corrected chi connectivity index (χ2v) is 4.30. The first kappa shape index (κ1) is 8.23. The Kier molecular flexibility index (Phi) is 1.73. The van der Waals surface area contributed by atoms with E-state index in [0.29, 0.717) is 0 Å². The van der Waals surface area contributed by atoms with Gasteiger partial charge in [0.25, 0.3) is 0 Å². The number of hydrogen-bond donors (Lipinski definition) is 0. The second kappa shape index (κ2) is 2.95. The van der Waals surface area contributed by atoms with Gasteiger partial charge in [0.05, 0.1) is 6.20 Å². The monoisotopic (exact) mass is 295 g/mol. The molecule has 0 aliphatic carbocycles. The molecule has 14 heavy (non-hydrogen) atoms. The number of rotatable bonds is 0. The van der Waals surface area contributed by atoms with E-state index in [-0.39, 0.29) is 0 Å². The maximum Gasteiger partial charge on any atom is 0.168 e. The van der Waals surface area contributed by atoms with Crippen molar-refractivity contribution in [1.82, 2.24) is 5.16 Å². The lowest BCUT2D eigenvalue weighted by molar-refractivity contribution is 0.456. The molecule has 0 radical (unpaired) electrons. The minimum atomic E-state index is 0.855. The van der Waals surface area contributed by atoms with Crippen molar-refractivity contribution in [2.75, 3.05) is 0 Å². The summed E-state index contributed by atoms with van der Waals surface area (Å²) in [5, 5.41) is 7.36. The molecule has 0 aliphatic heterocycles. The summed E-state index contributed by atoms with van der Waals surface area (Å²) in [4.78, 5) is 0. The number of benzene rings is 2. The zero-order valence-electron chi connectivity index (χ0n) is 7.20. The van der Waals surface area contributed by atoms with Gasteiger partial charge in [0.2, 0.25) is 0 Å². The normalized spacial score (nSPS) is 11.2. The highest BCUT2D eigenvalue weighted by Crippen LogP contribution is 2.29. The van der Waals surface area contributed by atoms with Gasteiger partial charge < -0.3 is 4.52 Å². The van der Waals surface area contributed by atoms with Gasteiger partial charge in [-0.2, -0.15) is 0 Å². The maximum absolute atomic E-state index is 5.15. The molecule has 0 unspecified atom stereocenters. The van der Waals surface area contributed by atoms with Gasteiger partial charge in [0.1, 0.15) is 0 Å². The summed E-state index contributed by atoms with van der Waals surface area (Å²) < 4.78 is 6.35. The highest BCUT2D eigenvalue weighted by Gasteiger charge is 2.06. The molecule has 0 spiro atoms. The Morgan fingerprint density at radius 1 is 1.07 bits per heavy atom. The van der Waals surface area contributed by atoms with Gasteiger partial charge in [-0.05, 0) is 39.4 Å². The molecule has 0 atom stereocenters. The average Bonchev–Trinajstić information content (AvgIpc) is 2.66. The summed E-state index contributed by atoms with van der Waals surface area (Å²) in [6.45, 7) is 0. The molecule has 3 rings (SSSR count). The van der Waals surface area contributed by atoms with Crippen molar-refractivity contribution >= 4 is 44.3 Å². The molecular formula is C11H6INO. The average molecular weight is 295 g/mol. The van der Waals surface area contributed by atoms with Crippen LogP contribution in [-0.4, -0.2) is 5.16 Å². The van der Waals surface area contributed by atoms with Crippen LogP contribution in [0.2, 0.25) is 0 Å². The maximum atomic E-state index is 5.15. The standard InChI is InChI=1S/C11H6INO/c12-10-5-11-9(6-13-14-11)7-3-1-2-4-8(7)10/h1-6H. The topological polar surface area (TPSA) is 26.0 Å². The fraction of sp³-hybridized carbons (Fsp3) is 0. The van der Waals surface area contributed by atoms with Crippen molar-refractivity contribution in [3.8, 4) is 0 Å². The third-order valence-corrected chi connectivity index (χ3v) is 3.22. The predicted molar refractivity (Wildman–Crippen MR) is 64.2 cm³/mol. The van der Waals surface area contributed by atoms with Gasteiger partial charge in [-0.25, -0.2) is 0 Å². The van der Waals surface area contributed by atoms with Crippen molar-refractivity contribution in [2.45, 2.75) is 0 Å². The van der Waals surface area contributed by atoms with Gasteiger partial charge in [-0.15, -0.1) is 0 Å². The number of halogens is 1. The number of nitrogens with zero attached hydrogens (tertiary/aromatic N) is 1. The Labute approximate surface area is 94.0 Å². The van der Waals surface area contributed by atoms with Gasteiger partial charge >= 0.3 is 0 Å². The number of hydrogen-bond acceptors (Lipinski definition) is 2. The van der Waals surface area contributed by atoms with Crippen molar-refractivity contribution < 1.29 is 4.52 Å². The molecule has 2 nitrogen and oxygen atoms in total. The van der Waals surface area contributed by atoms with Crippen LogP contribution in [0.5, 0.6) is 0 Å². The van der Waals surface area contributed by atoms with E-state index >= 15 is 0 Å². The van der Waals surface area contributed by atoms with Crippen molar-refractivity contribution in [2.24, 2.45) is 0 Å². The largest absolute Gasteiger partial charge is 0.356 e. The molecule has 0 saturated carbocycles. The molecule has 3 heteroatoms. The molecule has 2 aromatic carbocycles. The lowest BCUT2D eigenvalue weighted by Crippen LogP contribution is -1.77. The summed E-state index contributed by atoms with van der Waals surface area (Å²) in [5.41, 5.74) is 0.855. The molecule has 0 saturated heterocycles. The fourth-order valence-corrected chi connectivity index (χ4v) is 2.43. The molecule has 1 aromatic heterocycles. The van der Waals surface area contributed by atoms with Crippen molar-refractivity contribution in [3.63, 3.8) is 0 Å². The molecule has 0 amide bonds. The highest BCUT2D eigenvalue weighted by molar-refractivity contribution is 14.1. The SMILES string of the molecule is Ic1cc2oncc2c2ccccc12. The summed E-state index contributed by atoms with van der Waals surface area (Å²) in [5.74, 6) is 0. The molecule has 1 heterocycles. The predicted octanol–water partition coefficient (Wildman–Crippen LogP) is 3.59. The van der Waals surface area contributed by atoms with E-state index < -0.39 is 0 Å².